The number of rotatable bonds is 10. The molecule has 0 bridgehead atoms. The van der Waals surface area contributed by atoms with E-state index in [9.17, 15) is 4.79 Å². The molecule has 1 aliphatic rings. The molecule has 0 spiro atoms. The van der Waals surface area contributed by atoms with Crippen molar-refractivity contribution in [2.45, 2.75) is 57.6 Å². The molecule has 1 aromatic rings. The number of carbonyl (C=O) groups is 1. The van der Waals surface area contributed by atoms with Crippen LogP contribution in [0, 0.1) is 5.92 Å². The minimum absolute atomic E-state index is 0.227. The van der Waals surface area contributed by atoms with Gasteiger partial charge in [-0.15, -0.1) is 0 Å². The first kappa shape index (κ1) is 22.8. The summed E-state index contributed by atoms with van der Waals surface area (Å²) in [7, 11) is 4.57. The lowest BCUT2D eigenvalue weighted by Gasteiger charge is -2.45. The van der Waals surface area contributed by atoms with Gasteiger partial charge in [-0.3, -0.25) is 0 Å². The molecule has 0 unspecified atom stereocenters. The van der Waals surface area contributed by atoms with Crippen LogP contribution in [-0.4, -0.2) is 64.6 Å². The van der Waals surface area contributed by atoms with E-state index in [1.165, 1.54) is 7.11 Å². The standard InChI is InChI=1S/C21H32O7/c1-14(2)11-16-18(24-4)19(25-5)20(21(28-16)27-13-17(22)23-3)26-12-15-9-7-6-8-10-15/h6-10,14,16,18-21H,11-13H2,1-5H3/t16-,18-,19+,20+,21-/m1/s1. The van der Waals surface area contributed by atoms with Crippen LogP contribution < -0.4 is 0 Å². The van der Waals surface area contributed by atoms with Gasteiger partial charge in [-0.1, -0.05) is 44.2 Å². The summed E-state index contributed by atoms with van der Waals surface area (Å²) in [5, 5.41) is 0. The molecule has 1 fully saturated rings. The molecule has 7 nitrogen and oxygen atoms in total. The quantitative estimate of drug-likeness (QED) is 0.563. The molecule has 158 valence electrons. The zero-order valence-electron chi connectivity index (χ0n) is 17.3. The average molecular weight is 396 g/mol. The maximum Gasteiger partial charge on any atom is 0.331 e. The van der Waals surface area contributed by atoms with Crippen LogP contribution in [-0.2, 0) is 39.8 Å². The molecule has 0 amide bonds. The van der Waals surface area contributed by atoms with Crippen LogP contribution >= 0.6 is 0 Å². The number of methoxy groups -OCH3 is 3. The van der Waals surface area contributed by atoms with Crippen molar-refractivity contribution >= 4 is 5.97 Å². The molecule has 0 saturated carbocycles. The molecule has 1 heterocycles. The molecule has 1 aromatic carbocycles. The summed E-state index contributed by atoms with van der Waals surface area (Å²) in [6.45, 7) is 4.35. The number of benzene rings is 1. The van der Waals surface area contributed by atoms with Crippen molar-refractivity contribution in [1.82, 2.24) is 0 Å². The zero-order valence-corrected chi connectivity index (χ0v) is 17.3. The van der Waals surface area contributed by atoms with E-state index in [4.69, 9.17) is 23.7 Å². The second kappa shape index (κ2) is 11.5. The smallest absolute Gasteiger partial charge is 0.331 e. The Bertz CT molecular complexity index is 577. The van der Waals surface area contributed by atoms with Crippen molar-refractivity contribution in [3.05, 3.63) is 35.9 Å². The summed E-state index contributed by atoms with van der Waals surface area (Å²) in [6.07, 6.45) is -1.54. The van der Waals surface area contributed by atoms with E-state index in [0.29, 0.717) is 12.5 Å². The summed E-state index contributed by atoms with van der Waals surface area (Å²) in [4.78, 5) is 11.6. The molecule has 1 saturated heterocycles. The topological polar surface area (TPSA) is 72.5 Å². The number of carbonyl (C=O) groups excluding carboxylic acids is 1. The van der Waals surface area contributed by atoms with Gasteiger partial charge in [0.15, 0.2) is 6.29 Å². The predicted octanol–water partition coefficient (Wildman–Crippen LogP) is 2.56. The van der Waals surface area contributed by atoms with E-state index in [0.717, 1.165) is 12.0 Å². The lowest BCUT2D eigenvalue weighted by atomic mass is 9.92. The van der Waals surface area contributed by atoms with E-state index in [1.807, 2.05) is 30.3 Å². The van der Waals surface area contributed by atoms with Crippen LogP contribution in [0.25, 0.3) is 0 Å². The van der Waals surface area contributed by atoms with E-state index >= 15 is 0 Å². The molecule has 0 aliphatic carbocycles. The Labute approximate surface area is 167 Å². The van der Waals surface area contributed by atoms with Crippen LogP contribution in [0.1, 0.15) is 25.8 Å². The Balaban J connectivity index is 2.18. The maximum absolute atomic E-state index is 11.6. The predicted molar refractivity (Wildman–Crippen MR) is 103 cm³/mol. The normalized spacial score (nSPS) is 27.7. The fourth-order valence-electron chi connectivity index (χ4n) is 3.37. The van der Waals surface area contributed by atoms with Crippen molar-refractivity contribution in [2.24, 2.45) is 5.92 Å². The minimum atomic E-state index is -0.775. The molecule has 2 rings (SSSR count). The van der Waals surface area contributed by atoms with Crippen LogP contribution in [0.15, 0.2) is 30.3 Å². The van der Waals surface area contributed by atoms with Crippen molar-refractivity contribution in [3.8, 4) is 0 Å². The molecule has 0 radical (unpaired) electrons. The van der Waals surface area contributed by atoms with E-state index in [2.05, 4.69) is 18.6 Å². The first-order valence-electron chi connectivity index (χ1n) is 9.55. The van der Waals surface area contributed by atoms with Crippen LogP contribution in [0.2, 0.25) is 0 Å². The van der Waals surface area contributed by atoms with Gasteiger partial charge in [0, 0.05) is 14.2 Å². The van der Waals surface area contributed by atoms with E-state index in [-0.39, 0.29) is 18.8 Å². The minimum Gasteiger partial charge on any atom is -0.467 e. The Morgan fingerprint density at radius 3 is 2.25 bits per heavy atom. The summed E-state index contributed by atoms with van der Waals surface area (Å²) >= 11 is 0. The highest BCUT2D eigenvalue weighted by Crippen LogP contribution is 2.31. The molecule has 0 N–H and O–H groups in total. The largest absolute Gasteiger partial charge is 0.467 e. The molecule has 0 aromatic heterocycles. The van der Waals surface area contributed by atoms with Crippen LogP contribution in [0.4, 0.5) is 0 Å². The molecule has 7 heteroatoms. The number of hydrogen-bond donors (Lipinski definition) is 0. The number of ether oxygens (including phenoxy) is 6. The highest BCUT2D eigenvalue weighted by Gasteiger charge is 2.48. The molecule has 1 aliphatic heterocycles. The Morgan fingerprint density at radius 2 is 1.68 bits per heavy atom. The van der Waals surface area contributed by atoms with Gasteiger partial charge < -0.3 is 28.4 Å². The molecule has 5 atom stereocenters. The highest BCUT2D eigenvalue weighted by molar-refractivity contribution is 5.70. The third-order valence-electron chi connectivity index (χ3n) is 4.72. The first-order chi connectivity index (χ1) is 13.5. The van der Waals surface area contributed by atoms with Crippen molar-refractivity contribution in [2.75, 3.05) is 27.9 Å². The Kier molecular flexibility index (Phi) is 9.34. The summed E-state index contributed by atoms with van der Waals surface area (Å²) in [6, 6.07) is 9.80. The van der Waals surface area contributed by atoms with Crippen molar-refractivity contribution < 1.29 is 33.2 Å². The van der Waals surface area contributed by atoms with E-state index in [1.54, 1.807) is 14.2 Å². The molecular formula is C21H32O7. The van der Waals surface area contributed by atoms with Crippen molar-refractivity contribution in [1.29, 1.82) is 0 Å². The maximum atomic E-state index is 11.6. The third kappa shape index (κ3) is 6.25. The van der Waals surface area contributed by atoms with Gasteiger partial charge in [0.05, 0.1) is 19.8 Å². The van der Waals surface area contributed by atoms with Gasteiger partial charge in [-0.05, 0) is 17.9 Å². The fourth-order valence-corrected chi connectivity index (χ4v) is 3.37. The number of esters is 1. The van der Waals surface area contributed by atoms with Crippen LogP contribution in [0.3, 0.4) is 0 Å². The Hall–Kier alpha value is -1.51. The number of hydrogen-bond acceptors (Lipinski definition) is 7. The van der Waals surface area contributed by atoms with Crippen molar-refractivity contribution in [3.63, 3.8) is 0 Å². The lowest BCUT2D eigenvalue weighted by molar-refractivity contribution is -0.315. The second-order valence-corrected chi connectivity index (χ2v) is 7.22. The van der Waals surface area contributed by atoms with Gasteiger partial charge in [-0.2, -0.15) is 0 Å². The molecule has 28 heavy (non-hydrogen) atoms. The summed E-state index contributed by atoms with van der Waals surface area (Å²) in [5.74, 6) is -0.0862. The van der Waals surface area contributed by atoms with Crippen LogP contribution in [0.5, 0.6) is 0 Å². The average Bonchev–Trinajstić information content (AvgIpc) is 2.70. The lowest BCUT2D eigenvalue weighted by Crippen LogP contribution is -2.60. The first-order valence-corrected chi connectivity index (χ1v) is 9.55. The van der Waals surface area contributed by atoms with Gasteiger partial charge >= 0.3 is 5.97 Å². The third-order valence-corrected chi connectivity index (χ3v) is 4.72. The second-order valence-electron chi connectivity index (χ2n) is 7.22. The van der Waals surface area contributed by atoms with Gasteiger partial charge in [-0.25, -0.2) is 4.79 Å². The molecular weight excluding hydrogens is 364 g/mol. The van der Waals surface area contributed by atoms with Gasteiger partial charge in [0.2, 0.25) is 0 Å². The fraction of sp³-hybridized carbons (Fsp3) is 0.667. The Morgan fingerprint density at radius 1 is 1.00 bits per heavy atom. The van der Waals surface area contributed by atoms with Gasteiger partial charge in [0.1, 0.15) is 24.9 Å². The zero-order chi connectivity index (χ0) is 20.5. The summed E-state index contributed by atoms with van der Waals surface area (Å²) in [5.41, 5.74) is 1.02. The summed E-state index contributed by atoms with van der Waals surface area (Å²) < 4.78 is 34.1. The monoisotopic (exact) mass is 396 g/mol. The van der Waals surface area contributed by atoms with E-state index < -0.39 is 24.5 Å². The SMILES string of the molecule is COC(=O)CO[C@@H]1O[C@H](CC(C)C)[C@@H](OC)[C@H](OC)[C@@H]1OCc1ccccc1. The highest BCUT2D eigenvalue weighted by atomic mass is 16.7. The van der Waals surface area contributed by atoms with Gasteiger partial charge in [0.25, 0.3) is 0 Å².